The van der Waals surface area contributed by atoms with Crippen LogP contribution in [0.5, 0.6) is 5.75 Å². The van der Waals surface area contributed by atoms with Gasteiger partial charge in [0, 0.05) is 12.6 Å². The van der Waals surface area contributed by atoms with E-state index in [1.165, 1.54) is 17.0 Å². The number of amides is 2. The van der Waals surface area contributed by atoms with E-state index in [0.29, 0.717) is 18.8 Å². The molecule has 0 heterocycles. The molecule has 9 heteroatoms. The minimum Gasteiger partial charge on any atom is -0.492 e. The Morgan fingerprint density at radius 1 is 0.881 bits per heavy atom. The standard InChI is InChI=1S/C33H43N3O5S/c1-7-26(6)34-33(38)29(8-2)35(22-27-14-12-13-25(5)21-27)32(37)23-36(30-15-10-11-16-31(30)41-9-3)42(39,40)28-19-17-24(4)18-20-28/h10-21,26,29H,7-9,22-23H2,1-6H3,(H,34,38)/t26-,29-/m0/s1. The van der Waals surface area contributed by atoms with Crippen LogP contribution in [0.15, 0.2) is 77.7 Å². The SMILES string of the molecule is CCOc1ccccc1N(CC(=O)N(Cc1cccc(C)c1)[C@@H](CC)C(=O)N[C@@H](C)CC)S(=O)(=O)c1ccc(C)cc1. The molecule has 0 aromatic heterocycles. The third kappa shape index (κ3) is 8.12. The molecule has 0 saturated carbocycles. The molecule has 0 saturated heterocycles. The Labute approximate surface area is 250 Å². The van der Waals surface area contributed by atoms with Crippen LogP contribution in [0.4, 0.5) is 5.69 Å². The molecule has 0 spiro atoms. The highest BCUT2D eigenvalue weighted by atomic mass is 32.2. The lowest BCUT2D eigenvalue weighted by Crippen LogP contribution is -2.53. The van der Waals surface area contributed by atoms with Gasteiger partial charge in [0.15, 0.2) is 0 Å². The summed E-state index contributed by atoms with van der Waals surface area (Å²) in [5, 5.41) is 3.00. The van der Waals surface area contributed by atoms with Crippen molar-refractivity contribution in [2.24, 2.45) is 0 Å². The third-order valence-electron chi connectivity index (χ3n) is 7.14. The van der Waals surface area contributed by atoms with Crippen LogP contribution in [-0.4, -0.2) is 50.4 Å². The Morgan fingerprint density at radius 3 is 2.19 bits per heavy atom. The van der Waals surface area contributed by atoms with E-state index >= 15 is 0 Å². The summed E-state index contributed by atoms with van der Waals surface area (Å²) in [6.07, 6.45) is 1.10. The van der Waals surface area contributed by atoms with Gasteiger partial charge in [0.1, 0.15) is 18.3 Å². The largest absolute Gasteiger partial charge is 0.492 e. The Balaban J connectivity index is 2.11. The summed E-state index contributed by atoms with van der Waals surface area (Å²) in [6.45, 7) is 11.3. The second-order valence-corrected chi connectivity index (χ2v) is 12.3. The molecule has 3 aromatic carbocycles. The number of hydrogen-bond donors (Lipinski definition) is 1. The van der Waals surface area contributed by atoms with E-state index in [4.69, 9.17) is 4.74 Å². The molecule has 8 nitrogen and oxygen atoms in total. The van der Waals surface area contributed by atoms with E-state index in [0.717, 1.165) is 27.4 Å². The Bertz CT molecular complexity index is 1460. The van der Waals surface area contributed by atoms with Crippen LogP contribution < -0.4 is 14.4 Å². The highest BCUT2D eigenvalue weighted by Gasteiger charge is 2.35. The van der Waals surface area contributed by atoms with Crippen molar-refractivity contribution in [2.75, 3.05) is 17.5 Å². The molecule has 0 unspecified atom stereocenters. The van der Waals surface area contributed by atoms with Gasteiger partial charge in [0.05, 0.1) is 17.2 Å². The van der Waals surface area contributed by atoms with Gasteiger partial charge in [0.25, 0.3) is 10.0 Å². The molecule has 1 N–H and O–H groups in total. The van der Waals surface area contributed by atoms with Crippen molar-refractivity contribution in [3.8, 4) is 5.75 Å². The fraction of sp³-hybridized carbons (Fsp3) is 0.394. The molecule has 3 aromatic rings. The molecule has 0 bridgehead atoms. The van der Waals surface area contributed by atoms with Crippen molar-refractivity contribution < 1.29 is 22.7 Å². The Morgan fingerprint density at radius 2 is 1.57 bits per heavy atom. The molecule has 3 rings (SSSR count). The highest BCUT2D eigenvalue weighted by Crippen LogP contribution is 2.33. The number of sulfonamides is 1. The minimum atomic E-state index is -4.19. The summed E-state index contributed by atoms with van der Waals surface area (Å²) in [4.78, 5) is 29.3. The summed E-state index contributed by atoms with van der Waals surface area (Å²) >= 11 is 0. The maximum Gasteiger partial charge on any atom is 0.264 e. The minimum absolute atomic E-state index is 0.0546. The van der Waals surface area contributed by atoms with Gasteiger partial charge in [-0.15, -0.1) is 0 Å². The Hall–Kier alpha value is -3.85. The van der Waals surface area contributed by atoms with E-state index in [1.54, 1.807) is 36.4 Å². The molecule has 0 aliphatic heterocycles. The second kappa shape index (κ2) is 14.9. The van der Waals surface area contributed by atoms with Crippen LogP contribution in [0.1, 0.15) is 57.2 Å². The predicted octanol–water partition coefficient (Wildman–Crippen LogP) is 5.62. The van der Waals surface area contributed by atoms with Crippen LogP contribution >= 0.6 is 0 Å². The number of nitrogens with zero attached hydrogens (tertiary/aromatic N) is 2. The van der Waals surface area contributed by atoms with E-state index in [9.17, 15) is 18.0 Å². The van der Waals surface area contributed by atoms with Crippen LogP contribution in [0.3, 0.4) is 0 Å². The molecule has 0 fully saturated rings. The van der Waals surface area contributed by atoms with Gasteiger partial charge < -0.3 is 15.0 Å². The van der Waals surface area contributed by atoms with Crippen molar-refractivity contribution in [2.45, 2.75) is 77.9 Å². The van der Waals surface area contributed by atoms with Gasteiger partial charge >= 0.3 is 0 Å². The van der Waals surface area contributed by atoms with Crippen LogP contribution in [0.2, 0.25) is 0 Å². The number of nitrogens with one attached hydrogen (secondary N) is 1. The van der Waals surface area contributed by atoms with E-state index in [-0.39, 0.29) is 29.1 Å². The van der Waals surface area contributed by atoms with Crippen molar-refractivity contribution in [1.82, 2.24) is 10.2 Å². The molecular weight excluding hydrogens is 550 g/mol. The smallest absolute Gasteiger partial charge is 0.264 e. The van der Waals surface area contributed by atoms with E-state index < -0.39 is 28.5 Å². The zero-order chi connectivity index (χ0) is 30.9. The average molecular weight is 594 g/mol. The van der Waals surface area contributed by atoms with Gasteiger partial charge in [-0.05, 0) is 70.4 Å². The first-order chi connectivity index (χ1) is 20.0. The van der Waals surface area contributed by atoms with E-state index in [2.05, 4.69) is 5.32 Å². The molecule has 0 radical (unpaired) electrons. The fourth-order valence-electron chi connectivity index (χ4n) is 4.66. The van der Waals surface area contributed by atoms with Crippen molar-refractivity contribution in [3.63, 3.8) is 0 Å². The third-order valence-corrected chi connectivity index (χ3v) is 8.92. The first-order valence-electron chi connectivity index (χ1n) is 14.5. The summed E-state index contributed by atoms with van der Waals surface area (Å²) in [5.41, 5.74) is 3.03. The molecule has 0 aliphatic rings. The van der Waals surface area contributed by atoms with Gasteiger partial charge in [-0.2, -0.15) is 0 Å². The number of para-hydroxylation sites is 2. The van der Waals surface area contributed by atoms with Crippen molar-refractivity contribution in [3.05, 3.63) is 89.5 Å². The summed E-state index contributed by atoms with van der Waals surface area (Å²) < 4.78 is 35.2. The first kappa shape index (κ1) is 32.7. The number of benzene rings is 3. The maximum absolute atomic E-state index is 14.3. The molecule has 2 atom stereocenters. The number of anilines is 1. The zero-order valence-electron chi connectivity index (χ0n) is 25.5. The first-order valence-corrected chi connectivity index (χ1v) is 15.9. The molecule has 2 amide bonds. The Kier molecular flexibility index (Phi) is 11.6. The van der Waals surface area contributed by atoms with E-state index in [1.807, 2.05) is 65.8 Å². The van der Waals surface area contributed by atoms with Gasteiger partial charge in [-0.3, -0.25) is 13.9 Å². The van der Waals surface area contributed by atoms with Crippen LogP contribution in [0, 0.1) is 13.8 Å². The number of carbonyl (C=O) groups excluding carboxylic acids is 2. The maximum atomic E-state index is 14.3. The predicted molar refractivity (Wildman–Crippen MR) is 167 cm³/mol. The number of hydrogen-bond acceptors (Lipinski definition) is 5. The lowest BCUT2D eigenvalue weighted by atomic mass is 10.1. The number of aryl methyl sites for hydroxylation is 2. The topological polar surface area (TPSA) is 96.0 Å². The fourth-order valence-corrected chi connectivity index (χ4v) is 6.08. The zero-order valence-corrected chi connectivity index (χ0v) is 26.3. The molecule has 226 valence electrons. The number of ether oxygens (including phenoxy) is 1. The number of carbonyl (C=O) groups is 2. The highest BCUT2D eigenvalue weighted by molar-refractivity contribution is 7.92. The van der Waals surface area contributed by atoms with Crippen molar-refractivity contribution >= 4 is 27.5 Å². The van der Waals surface area contributed by atoms with Crippen LogP contribution in [-0.2, 0) is 26.2 Å². The lowest BCUT2D eigenvalue weighted by Gasteiger charge is -2.34. The monoisotopic (exact) mass is 593 g/mol. The number of rotatable bonds is 14. The van der Waals surface area contributed by atoms with Crippen LogP contribution in [0.25, 0.3) is 0 Å². The quantitative estimate of drug-likeness (QED) is 0.262. The normalized spacial score (nSPS) is 12.7. The molecule has 0 aliphatic carbocycles. The summed E-state index contributed by atoms with van der Waals surface area (Å²) in [7, 11) is -4.19. The summed E-state index contributed by atoms with van der Waals surface area (Å²) in [6, 6.07) is 20.1. The molecular formula is C33H43N3O5S. The molecule has 42 heavy (non-hydrogen) atoms. The van der Waals surface area contributed by atoms with Gasteiger partial charge in [-0.25, -0.2) is 8.42 Å². The van der Waals surface area contributed by atoms with Gasteiger partial charge in [0.2, 0.25) is 11.8 Å². The lowest BCUT2D eigenvalue weighted by molar-refractivity contribution is -0.140. The second-order valence-electron chi connectivity index (χ2n) is 10.5. The van der Waals surface area contributed by atoms with Gasteiger partial charge in [-0.1, -0.05) is 73.5 Å². The van der Waals surface area contributed by atoms with Crippen molar-refractivity contribution in [1.29, 1.82) is 0 Å². The average Bonchev–Trinajstić information content (AvgIpc) is 2.96. The summed E-state index contributed by atoms with van der Waals surface area (Å²) in [5.74, 6) is -0.421.